The lowest BCUT2D eigenvalue weighted by atomic mass is 10.1. The highest BCUT2D eigenvalue weighted by Crippen LogP contribution is 2.26. The van der Waals surface area contributed by atoms with Crippen molar-refractivity contribution in [2.45, 2.75) is 11.3 Å². The first-order valence-electron chi connectivity index (χ1n) is 12.6. The summed E-state index contributed by atoms with van der Waals surface area (Å²) in [6.45, 7) is 0.0423. The first-order valence-corrected chi connectivity index (χ1v) is 14.0. The van der Waals surface area contributed by atoms with Gasteiger partial charge in [0.1, 0.15) is 4.90 Å². The summed E-state index contributed by atoms with van der Waals surface area (Å²) in [4.78, 5) is 25.9. The van der Waals surface area contributed by atoms with E-state index >= 15 is 0 Å². The molecular weight excluding hydrogens is 546 g/mol. The van der Waals surface area contributed by atoms with E-state index in [4.69, 9.17) is 5.73 Å². The van der Waals surface area contributed by atoms with Crippen molar-refractivity contribution in [3.63, 3.8) is 0 Å². The number of hydrogen-bond donors (Lipinski definition) is 5. The third kappa shape index (κ3) is 8.57. The summed E-state index contributed by atoms with van der Waals surface area (Å²) in [5.74, 6) is -0.178. The van der Waals surface area contributed by atoms with Crippen LogP contribution >= 0.6 is 0 Å². The zero-order valence-electron chi connectivity index (χ0n) is 21.9. The van der Waals surface area contributed by atoms with Gasteiger partial charge in [-0.2, -0.15) is 23.4 Å². The lowest BCUT2D eigenvalue weighted by Crippen LogP contribution is -2.32. The molecule has 0 saturated carbocycles. The SMILES string of the molecule is NC(=O)CCN(CCO)c1nc(Nc2ccccc2)nc(Nc2ccc(/C=C/c3ccccc3)c(S(=O)(=O)O)c2)n1. The van der Waals surface area contributed by atoms with Crippen LogP contribution in [0.5, 0.6) is 0 Å². The van der Waals surface area contributed by atoms with Crippen LogP contribution in [0.3, 0.4) is 0 Å². The number of para-hydroxylation sites is 1. The van der Waals surface area contributed by atoms with E-state index in [1.54, 1.807) is 29.2 Å². The second-order valence-corrected chi connectivity index (χ2v) is 10.2. The molecule has 6 N–H and O–H groups in total. The quantitative estimate of drug-likeness (QED) is 0.116. The molecule has 1 aromatic heterocycles. The molecule has 0 atom stereocenters. The van der Waals surface area contributed by atoms with Crippen molar-refractivity contribution in [2.75, 3.05) is 35.2 Å². The van der Waals surface area contributed by atoms with Crippen molar-refractivity contribution in [1.29, 1.82) is 0 Å². The Hall–Kier alpha value is -4.85. The van der Waals surface area contributed by atoms with Crippen molar-refractivity contribution in [1.82, 2.24) is 15.0 Å². The number of benzene rings is 3. The highest BCUT2D eigenvalue weighted by molar-refractivity contribution is 7.86. The molecule has 0 bridgehead atoms. The lowest BCUT2D eigenvalue weighted by Gasteiger charge is -2.22. The van der Waals surface area contributed by atoms with Crippen molar-refractivity contribution in [2.24, 2.45) is 5.73 Å². The van der Waals surface area contributed by atoms with Gasteiger partial charge in [0.15, 0.2) is 0 Å². The number of amides is 1. The minimum absolute atomic E-state index is 0.00553. The van der Waals surface area contributed by atoms with Gasteiger partial charge in [-0.15, -0.1) is 0 Å². The average molecular weight is 576 g/mol. The first kappa shape index (κ1) is 29.1. The van der Waals surface area contributed by atoms with Crippen LogP contribution in [-0.4, -0.2) is 58.6 Å². The van der Waals surface area contributed by atoms with Crippen LogP contribution in [0.25, 0.3) is 12.2 Å². The largest absolute Gasteiger partial charge is 0.395 e. The summed E-state index contributed by atoms with van der Waals surface area (Å²) in [6.07, 6.45) is 3.33. The van der Waals surface area contributed by atoms with Gasteiger partial charge in [0.05, 0.1) is 6.61 Å². The summed E-state index contributed by atoms with van der Waals surface area (Å²) >= 11 is 0. The number of aromatic nitrogens is 3. The Morgan fingerprint density at radius 2 is 1.49 bits per heavy atom. The predicted molar refractivity (Wildman–Crippen MR) is 158 cm³/mol. The monoisotopic (exact) mass is 575 g/mol. The molecular formula is C28H29N7O5S. The van der Waals surface area contributed by atoms with Crippen molar-refractivity contribution in [3.8, 4) is 0 Å². The number of anilines is 5. The summed E-state index contributed by atoms with van der Waals surface area (Å²) < 4.78 is 34.4. The van der Waals surface area contributed by atoms with E-state index in [1.165, 1.54) is 6.07 Å². The number of aliphatic hydroxyl groups is 1. The van der Waals surface area contributed by atoms with Gasteiger partial charge >= 0.3 is 0 Å². The number of nitrogens with one attached hydrogen (secondary N) is 2. The van der Waals surface area contributed by atoms with Crippen LogP contribution < -0.4 is 21.3 Å². The predicted octanol–water partition coefficient (Wildman–Crippen LogP) is 3.45. The molecule has 1 heterocycles. The minimum Gasteiger partial charge on any atom is -0.395 e. The number of hydrogen-bond acceptors (Lipinski definition) is 10. The van der Waals surface area contributed by atoms with Crippen LogP contribution in [-0.2, 0) is 14.9 Å². The van der Waals surface area contributed by atoms with Crippen LogP contribution in [0, 0.1) is 0 Å². The Morgan fingerprint density at radius 3 is 2.10 bits per heavy atom. The second kappa shape index (κ2) is 13.5. The van der Waals surface area contributed by atoms with Gasteiger partial charge in [-0.25, -0.2) is 0 Å². The Morgan fingerprint density at radius 1 is 0.854 bits per heavy atom. The molecule has 3 aromatic carbocycles. The molecule has 0 aliphatic rings. The number of carbonyl (C=O) groups excluding carboxylic acids is 1. The van der Waals surface area contributed by atoms with Gasteiger partial charge in [0.2, 0.25) is 23.8 Å². The average Bonchev–Trinajstić information content (AvgIpc) is 2.95. The molecule has 0 aliphatic carbocycles. The minimum atomic E-state index is -4.58. The molecule has 1 amide bonds. The van der Waals surface area contributed by atoms with E-state index in [1.807, 2.05) is 60.7 Å². The van der Waals surface area contributed by atoms with E-state index < -0.39 is 16.0 Å². The zero-order valence-corrected chi connectivity index (χ0v) is 22.7. The standard InChI is InChI=1S/C28H29N7O5S/c29-25(37)15-16-35(17-18-36)28-33-26(30-22-9-5-2-6-10-22)32-27(34-28)31-23-14-13-21(24(19-23)41(38,39)40)12-11-20-7-3-1-4-8-20/h1-14,19,36H,15-18H2,(H2,29,37)(H,38,39,40)(H2,30,31,32,33,34)/b12-11+. The van der Waals surface area contributed by atoms with Gasteiger partial charge in [0.25, 0.3) is 10.1 Å². The highest BCUT2D eigenvalue weighted by Gasteiger charge is 2.18. The van der Waals surface area contributed by atoms with Gasteiger partial charge < -0.3 is 26.4 Å². The molecule has 0 unspecified atom stereocenters. The second-order valence-electron chi connectivity index (χ2n) is 8.80. The fourth-order valence-electron chi connectivity index (χ4n) is 3.80. The number of nitrogens with zero attached hydrogens (tertiary/aromatic N) is 4. The normalized spacial score (nSPS) is 11.4. The molecule has 0 aliphatic heterocycles. The molecule has 0 saturated heterocycles. The number of primary amides is 1. The van der Waals surface area contributed by atoms with Crippen molar-refractivity contribution in [3.05, 3.63) is 90.0 Å². The van der Waals surface area contributed by atoms with Crippen LogP contribution in [0.4, 0.5) is 29.2 Å². The summed E-state index contributed by atoms with van der Waals surface area (Å²) in [7, 11) is -4.58. The molecule has 212 valence electrons. The molecule has 0 spiro atoms. The molecule has 0 radical (unpaired) electrons. The van der Waals surface area contributed by atoms with Gasteiger partial charge in [-0.1, -0.05) is 66.7 Å². The van der Waals surface area contributed by atoms with E-state index in [0.29, 0.717) is 5.69 Å². The maximum atomic E-state index is 12.2. The van der Waals surface area contributed by atoms with Crippen molar-refractivity contribution < 1.29 is 22.9 Å². The Labute approximate surface area is 237 Å². The zero-order chi connectivity index (χ0) is 29.2. The van der Waals surface area contributed by atoms with Crippen LogP contribution in [0.1, 0.15) is 17.5 Å². The highest BCUT2D eigenvalue weighted by atomic mass is 32.2. The third-order valence-corrected chi connectivity index (χ3v) is 6.65. The topological polar surface area (TPSA) is 184 Å². The molecule has 0 fully saturated rings. The van der Waals surface area contributed by atoms with Gasteiger partial charge in [-0.05, 0) is 35.4 Å². The molecule has 13 heteroatoms. The Kier molecular flexibility index (Phi) is 9.58. The molecule has 4 aromatic rings. The smallest absolute Gasteiger partial charge is 0.295 e. The lowest BCUT2D eigenvalue weighted by molar-refractivity contribution is -0.117. The van der Waals surface area contributed by atoms with E-state index in [9.17, 15) is 22.9 Å². The number of aliphatic hydroxyl groups excluding tert-OH is 1. The van der Waals surface area contributed by atoms with E-state index in [2.05, 4.69) is 25.6 Å². The fourth-order valence-corrected chi connectivity index (χ4v) is 4.51. The fraction of sp³-hybridized carbons (Fsp3) is 0.143. The van der Waals surface area contributed by atoms with E-state index in [0.717, 1.165) is 5.56 Å². The van der Waals surface area contributed by atoms with Crippen LogP contribution in [0.2, 0.25) is 0 Å². The van der Waals surface area contributed by atoms with E-state index in [-0.39, 0.29) is 60.1 Å². The maximum Gasteiger partial charge on any atom is 0.295 e. The third-order valence-electron chi connectivity index (χ3n) is 5.74. The van der Waals surface area contributed by atoms with Crippen LogP contribution in [0.15, 0.2) is 83.8 Å². The molecule has 12 nitrogen and oxygen atoms in total. The number of nitrogens with two attached hydrogens (primary N) is 1. The Balaban J connectivity index is 1.70. The van der Waals surface area contributed by atoms with Gasteiger partial charge in [-0.3, -0.25) is 9.35 Å². The summed E-state index contributed by atoms with van der Waals surface area (Å²) in [6, 6.07) is 22.9. The first-order chi connectivity index (χ1) is 19.7. The van der Waals surface area contributed by atoms with Crippen molar-refractivity contribution >= 4 is 57.4 Å². The van der Waals surface area contributed by atoms with Gasteiger partial charge in [0, 0.05) is 30.9 Å². The molecule has 41 heavy (non-hydrogen) atoms. The summed E-state index contributed by atoms with van der Waals surface area (Å²) in [5.41, 5.74) is 7.43. The number of rotatable bonds is 13. The number of carbonyl (C=O) groups is 1. The maximum absolute atomic E-state index is 12.2. The Bertz CT molecular complexity index is 1620. The summed E-state index contributed by atoms with van der Waals surface area (Å²) in [5, 5.41) is 15.6. The molecule has 4 rings (SSSR count).